The van der Waals surface area contributed by atoms with Crippen molar-refractivity contribution in [2.75, 3.05) is 18.4 Å². The Kier molecular flexibility index (Phi) is 5.21. The second-order valence-corrected chi connectivity index (χ2v) is 7.11. The van der Waals surface area contributed by atoms with Crippen molar-refractivity contribution in [3.05, 3.63) is 28.5 Å². The molecule has 0 unspecified atom stereocenters. The molecule has 0 atom stereocenters. The Labute approximate surface area is 127 Å². The maximum absolute atomic E-state index is 12.1. The summed E-state index contributed by atoms with van der Waals surface area (Å²) in [5.41, 5.74) is 0.888. The Hall–Kier alpha value is -1.58. The minimum Gasteiger partial charge on any atom is -0.355 e. The number of hydrogen-bond donors (Lipinski definition) is 2. The molecule has 0 amide bonds. The maximum Gasteiger partial charge on any atom is 0.243 e. The Morgan fingerprint density at radius 2 is 2.00 bits per heavy atom. The average molecular weight is 327 g/mol. The summed E-state index contributed by atoms with van der Waals surface area (Å²) >= 11 is 1.55. The smallest absolute Gasteiger partial charge is 0.243 e. The van der Waals surface area contributed by atoms with Crippen molar-refractivity contribution in [2.45, 2.75) is 25.2 Å². The molecule has 114 valence electrons. The topological polar surface area (TPSA) is 96.9 Å². The van der Waals surface area contributed by atoms with Crippen LogP contribution in [0.1, 0.15) is 17.6 Å². The van der Waals surface area contributed by atoms with Gasteiger partial charge in [0.15, 0.2) is 0 Å². The molecule has 0 aliphatic carbocycles. The van der Waals surface area contributed by atoms with Crippen LogP contribution in [0.5, 0.6) is 0 Å². The van der Waals surface area contributed by atoms with Gasteiger partial charge in [-0.3, -0.25) is 0 Å². The van der Waals surface area contributed by atoms with Crippen LogP contribution in [0.4, 0.5) is 5.95 Å². The highest BCUT2D eigenvalue weighted by atomic mass is 32.2. The van der Waals surface area contributed by atoms with Crippen LogP contribution >= 0.6 is 11.3 Å². The van der Waals surface area contributed by atoms with Crippen LogP contribution in [-0.2, 0) is 16.4 Å². The van der Waals surface area contributed by atoms with E-state index in [-0.39, 0.29) is 4.90 Å². The van der Waals surface area contributed by atoms with Gasteiger partial charge in [-0.05, 0) is 13.8 Å². The quantitative estimate of drug-likeness (QED) is 0.793. The van der Waals surface area contributed by atoms with Crippen LogP contribution in [0.2, 0.25) is 0 Å². The van der Waals surface area contributed by atoms with Crippen molar-refractivity contribution in [3.8, 4) is 0 Å². The minimum absolute atomic E-state index is 0.0543. The second kappa shape index (κ2) is 6.92. The summed E-state index contributed by atoms with van der Waals surface area (Å²) in [6.45, 7) is 4.80. The summed E-state index contributed by atoms with van der Waals surface area (Å²) < 4.78 is 26.7. The number of aryl methyl sites for hydroxylation is 1. The van der Waals surface area contributed by atoms with E-state index >= 15 is 0 Å². The molecule has 2 heterocycles. The van der Waals surface area contributed by atoms with Crippen molar-refractivity contribution in [2.24, 2.45) is 0 Å². The largest absolute Gasteiger partial charge is 0.355 e. The number of rotatable bonds is 7. The molecule has 2 rings (SSSR count). The highest BCUT2D eigenvalue weighted by Crippen LogP contribution is 2.09. The zero-order valence-electron chi connectivity index (χ0n) is 11.8. The zero-order chi connectivity index (χ0) is 15.3. The second-order valence-electron chi connectivity index (χ2n) is 4.28. The van der Waals surface area contributed by atoms with E-state index in [9.17, 15) is 8.42 Å². The molecule has 7 nitrogen and oxygen atoms in total. The first kappa shape index (κ1) is 15.8. The van der Waals surface area contributed by atoms with Crippen molar-refractivity contribution in [3.63, 3.8) is 0 Å². The standard InChI is InChI=1S/C12H17N5O2S2/c1-3-13-12-14-6-11(7-15-12)21(18,19)16-5-4-10-8-20-9(2)17-10/h6-8,16H,3-5H2,1-2H3,(H,13,14,15). The molecule has 0 fully saturated rings. The third kappa shape index (κ3) is 4.45. The number of thiazole rings is 1. The summed E-state index contributed by atoms with van der Waals surface area (Å²) in [5.74, 6) is 0.411. The molecule has 0 radical (unpaired) electrons. The molecular formula is C12H17N5O2S2. The highest BCUT2D eigenvalue weighted by molar-refractivity contribution is 7.89. The molecule has 0 spiro atoms. The van der Waals surface area contributed by atoms with Crippen molar-refractivity contribution >= 4 is 27.3 Å². The minimum atomic E-state index is -3.58. The van der Waals surface area contributed by atoms with Crippen molar-refractivity contribution in [1.29, 1.82) is 0 Å². The van der Waals surface area contributed by atoms with Gasteiger partial charge in [-0.1, -0.05) is 0 Å². The van der Waals surface area contributed by atoms with E-state index in [0.717, 1.165) is 10.7 Å². The van der Waals surface area contributed by atoms with Crippen LogP contribution in [0.15, 0.2) is 22.7 Å². The molecule has 0 saturated heterocycles. The van der Waals surface area contributed by atoms with E-state index in [1.165, 1.54) is 12.4 Å². The Morgan fingerprint density at radius 3 is 2.57 bits per heavy atom. The van der Waals surface area contributed by atoms with E-state index in [1.807, 2.05) is 19.2 Å². The molecule has 9 heteroatoms. The van der Waals surface area contributed by atoms with Gasteiger partial charge in [0.05, 0.1) is 23.1 Å². The fraction of sp³-hybridized carbons (Fsp3) is 0.417. The van der Waals surface area contributed by atoms with Gasteiger partial charge in [-0.2, -0.15) is 0 Å². The maximum atomic E-state index is 12.1. The lowest BCUT2D eigenvalue weighted by Gasteiger charge is -2.06. The van der Waals surface area contributed by atoms with Gasteiger partial charge in [-0.15, -0.1) is 11.3 Å². The molecule has 0 aromatic carbocycles. The fourth-order valence-corrected chi connectivity index (χ4v) is 3.19. The number of nitrogens with one attached hydrogen (secondary N) is 2. The van der Waals surface area contributed by atoms with Crippen LogP contribution in [0, 0.1) is 6.92 Å². The lowest BCUT2D eigenvalue weighted by Crippen LogP contribution is -2.26. The van der Waals surface area contributed by atoms with E-state index in [4.69, 9.17) is 0 Å². The summed E-state index contributed by atoms with van der Waals surface area (Å²) in [5, 5.41) is 5.81. The highest BCUT2D eigenvalue weighted by Gasteiger charge is 2.14. The first-order valence-corrected chi connectivity index (χ1v) is 8.84. The number of hydrogen-bond acceptors (Lipinski definition) is 7. The van der Waals surface area contributed by atoms with Crippen LogP contribution < -0.4 is 10.0 Å². The van der Waals surface area contributed by atoms with Gasteiger partial charge in [0.1, 0.15) is 4.90 Å². The summed E-state index contributed by atoms with van der Waals surface area (Å²) in [6, 6.07) is 0. The van der Waals surface area contributed by atoms with Crippen LogP contribution in [-0.4, -0.2) is 36.5 Å². The van der Waals surface area contributed by atoms with E-state index < -0.39 is 10.0 Å². The molecule has 0 saturated carbocycles. The molecule has 0 aliphatic heterocycles. The van der Waals surface area contributed by atoms with Gasteiger partial charge in [0, 0.05) is 24.9 Å². The fourth-order valence-electron chi connectivity index (χ4n) is 1.62. The summed E-state index contributed by atoms with van der Waals surface area (Å²) in [7, 11) is -3.58. The Morgan fingerprint density at radius 1 is 1.29 bits per heavy atom. The predicted octanol–water partition coefficient (Wildman–Crippen LogP) is 1.19. The third-order valence-corrected chi connectivity index (χ3v) is 4.85. The number of nitrogens with zero attached hydrogens (tertiary/aromatic N) is 3. The van der Waals surface area contributed by atoms with Gasteiger partial charge >= 0.3 is 0 Å². The monoisotopic (exact) mass is 327 g/mol. The van der Waals surface area contributed by atoms with E-state index in [1.54, 1.807) is 11.3 Å². The van der Waals surface area contributed by atoms with Crippen LogP contribution in [0.3, 0.4) is 0 Å². The summed E-state index contributed by atoms with van der Waals surface area (Å²) in [6.07, 6.45) is 3.14. The van der Waals surface area contributed by atoms with E-state index in [2.05, 4.69) is 25.0 Å². The SMILES string of the molecule is CCNc1ncc(S(=O)(=O)NCCc2csc(C)n2)cn1. The molecule has 0 bridgehead atoms. The lowest BCUT2D eigenvalue weighted by molar-refractivity contribution is 0.580. The van der Waals surface area contributed by atoms with E-state index in [0.29, 0.717) is 25.5 Å². The molecule has 21 heavy (non-hydrogen) atoms. The first-order valence-electron chi connectivity index (χ1n) is 6.48. The average Bonchev–Trinajstić information content (AvgIpc) is 2.85. The van der Waals surface area contributed by atoms with Gasteiger partial charge in [-0.25, -0.2) is 28.1 Å². The van der Waals surface area contributed by atoms with Gasteiger partial charge in [0.25, 0.3) is 0 Å². The normalized spacial score (nSPS) is 11.5. The molecule has 2 aromatic heterocycles. The molecule has 2 N–H and O–H groups in total. The van der Waals surface area contributed by atoms with Crippen LogP contribution in [0.25, 0.3) is 0 Å². The Balaban J connectivity index is 1.94. The lowest BCUT2D eigenvalue weighted by atomic mass is 10.3. The van der Waals surface area contributed by atoms with Crippen molar-refractivity contribution in [1.82, 2.24) is 19.7 Å². The molecule has 2 aromatic rings. The predicted molar refractivity (Wildman–Crippen MR) is 81.9 cm³/mol. The third-order valence-electron chi connectivity index (χ3n) is 2.61. The first-order chi connectivity index (χ1) is 10.0. The zero-order valence-corrected chi connectivity index (χ0v) is 13.5. The molecule has 0 aliphatic rings. The van der Waals surface area contributed by atoms with Gasteiger partial charge < -0.3 is 5.32 Å². The number of aromatic nitrogens is 3. The number of anilines is 1. The number of sulfonamides is 1. The summed E-state index contributed by atoms with van der Waals surface area (Å²) in [4.78, 5) is 12.2. The van der Waals surface area contributed by atoms with Gasteiger partial charge in [0.2, 0.25) is 16.0 Å². The Bertz CT molecular complexity index is 682. The van der Waals surface area contributed by atoms with Crippen molar-refractivity contribution < 1.29 is 8.42 Å². The molecular weight excluding hydrogens is 310 g/mol.